The Bertz CT molecular complexity index is 647. The molecule has 1 N–H and O–H groups in total. The zero-order chi connectivity index (χ0) is 17.9. The quantitative estimate of drug-likeness (QED) is 0.797. The highest BCUT2D eigenvalue weighted by Gasteiger charge is 2.29. The highest BCUT2D eigenvalue weighted by atomic mass is 16.5. The van der Waals surface area contributed by atoms with Gasteiger partial charge in [0.05, 0.1) is 11.5 Å². The lowest BCUT2D eigenvalue weighted by atomic mass is 9.89. The maximum Gasteiger partial charge on any atom is 0.177 e. The number of methoxy groups -OCH3 is 1. The van der Waals surface area contributed by atoms with Gasteiger partial charge in [0.25, 0.3) is 0 Å². The molecule has 128 valence electrons. The third-order valence-corrected chi connectivity index (χ3v) is 3.17. The zero-order valence-corrected chi connectivity index (χ0v) is 14.4. The van der Waals surface area contributed by atoms with Gasteiger partial charge < -0.3 is 14.6 Å². The van der Waals surface area contributed by atoms with E-state index in [2.05, 4.69) is 11.3 Å². The van der Waals surface area contributed by atoms with Crippen molar-refractivity contribution in [3.05, 3.63) is 72.3 Å². The topological polar surface area (TPSA) is 55.8 Å². The van der Waals surface area contributed by atoms with Gasteiger partial charge in [0.15, 0.2) is 5.78 Å². The second-order valence-electron chi connectivity index (χ2n) is 5.13. The van der Waals surface area contributed by atoms with Gasteiger partial charge in [-0.3, -0.25) is 4.79 Å². The van der Waals surface area contributed by atoms with Crippen LogP contribution in [0.4, 0.5) is 0 Å². The van der Waals surface area contributed by atoms with Crippen molar-refractivity contribution < 1.29 is 19.4 Å². The fraction of sp³-hybridized carbons (Fsp3) is 0.250. The summed E-state index contributed by atoms with van der Waals surface area (Å²) in [5.41, 5.74) is 1.49. The molecule has 2 aromatic carbocycles. The minimum Gasteiger partial charge on any atom is -0.508 e. The average Bonchev–Trinajstić information content (AvgIpc) is 2.58. The van der Waals surface area contributed by atoms with Gasteiger partial charge in [-0.15, -0.1) is 6.58 Å². The SMILES string of the molecule is C=CC.COC.O=C1c2ccccc2OCC1c1ccc(O)cc1. The molecule has 1 aliphatic rings. The van der Waals surface area contributed by atoms with Crippen LogP contribution in [0.3, 0.4) is 0 Å². The Kier molecular flexibility index (Phi) is 8.30. The Morgan fingerprint density at radius 2 is 1.71 bits per heavy atom. The maximum absolute atomic E-state index is 12.4. The van der Waals surface area contributed by atoms with Crippen LogP contribution in [0.15, 0.2) is 61.2 Å². The number of carbonyl (C=O) groups is 1. The van der Waals surface area contributed by atoms with Crippen LogP contribution in [-0.2, 0) is 4.74 Å². The number of allylic oxidation sites excluding steroid dienone is 1. The monoisotopic (exact) mass is 328 g/mol. The van der Waals surface area contributed by atoms with Crippen LogP contribution in [-0.4, -0.2) is 31.7 Å². The van der Waals surface area contributed by atoms with Gasteiger partial charge in [-0.05, 0) is 36.8 Å². The lowest BCUT2D eigenvalue weighted by Gasteiger charge is -2.24. The first-order chi connectivity index (χ1) is 11.6. The number of fused-ring (bicyclic) bond motifs is 1. The van der Waals surface area contributed by atoms with Crippen molar-refractivity contribution in [1.82, 2.24) is 0 Å². The van der Waals surface area contributed by atoms with Crippen molar-refractivity contribution in [1.29, 1.82) is 0 Å². The van der Waals surface area contributed by atoms with Gasteiger partial charge >= 0.3 is 0 Å². The maximum atomic E-state index is 12.4. The van der Waals surface area contributed by atoms with Gasteiger partial charge in [-0.1, -0.05) is 30.3 Å². The normalized spacial score (nSPS) is 14.8. The van der Waals surface area contributed by atoms with E-state index >= 15 is 0 Å². The molecule has 0 amide bonds. The number of Topliss-reactive ketones (excluding diaryl/α,β-unsaturated/α-hetero) is 1. The molecule has 0 aromatic heterocycles. The number of phenolic OH excluding ortho intramolecular Hbond substituents is 1. The van der Waals surface area contributed by atoms with E-state index in [4.69, 9.17) is 4.74 Å². The number of ketones is 1. The molecule has 1 aliphatic heterocycles. The van der Waals surface area contributed by atoms with E-state index in [9.17, 15) is 9.90 Å². The number of hydrogen-bond donors (Lipinski definition) is 1. The van der Waals surface area contributed by atoms with Crippen molar-refractivity contribution in [2.24, 2.45) is 0 Å². The van der Waals surface area contributed by atoms with Crippen LogP contribution in [0.2, 0.25) is 0 Å². The fourth-order valence-corrected chi connectivity index (χ4v) is 2.19. The number of hydrogen-bond acceptors (Lipinski definition) is 4. The number of benzene rings is 2. The predicted octanol–water partition coefficient (Wildman–Crippen LogP) is 4.21. The number of phenols is 1. The van der Waals surface area contributed by atoms with Crippen molar-refractivity contribution in [2.75, 3.05) is 20.8 Å². The smallest absolute Gasteiger partial charge is 0.177 e. The molecule has 3 rings (SSSR count). The first kappa shape index (κ1) is 19.5. The Hall–Kier alpha value is -2.59. The Balaban J connectivity index is 0.000000423. The highest BCUT2D eigenvalue weighted by molar-refractivity contribution is 6.04. The van der Waals surface area contributed by atoms with Crippen LogP contribution in [0.5, 0.6) is 11.5 Å². The molecule has 0 saturated carbocycles. The predicted molar refractivity (Wildman–Crippen MR) is 95.9 cm³/mol. The average molecular weight is 328 g/mol. The summed E-state index contributed by atoms with van der Waals surface area (Å²) in [6, 6.07) is 14.0. The second-order valence-corrected chi connectivity index (χ2v) is 5.13. The molecule has 4 heteroatoms. The molecule has 0 spiro atoms. The lowest BCUT2D eigenvalue weighted by Crippen LogP contribution is -2.25. The standard InChI is InChI=1S/C15H12O3.C3H6.C2H6O/c16-11-7-5-10(6-8-11)13-9-18-14-4-2-1-3-12(14)15(13)17;2*1-3-2/h1-8,13,16H,9H2;3H,1H2,2H3;1-2H3. The Morgan fingerprint density at radius 3 is 2.29 bits per heavy atom. The van der Waals surface area contributed by atoms with Gasteiger partial charge in [0.2, 0.25) is 0 Å². The summed E-state index contributed by atoms with van der Waals surface area (Å²) >= 11 is 0. The number of aromatic hydroxyl groups is 1. The molecule has 1 heterocycles. The van der Waals surface area contributed by atoms with Crippen LogP contribution >= 0.6 is 0 Å². The molecule has 0 fully saturated rings. The number of para-hydroxylation sites is 1. The van der Waals surface area contributed by atoms with E-state index in [0.717, 1.165) is 5.56 Å². The van der Waals surface area contributed by atoms with Gasteiger partial charge in [0, 0.05) is 14.2 Å². The molecule has 1 unspecified atom stereocenters. The minimum atomic E-state index is -0.291. The van der Waals surface area contributed by atoms with E-state index in [1.54, 1.807) is 56.7 Å². The summed E-state index contributed by atoms with van der Waals surface area (Å²) in [7, 11) is 3.25. The van der Waals surface area contributed by atoms with E-state index in [1.807, 2.05) is 19.1 Å². The highest BCUT2D eigenvalue weighted by Crippen LogP contribution is 2.32. The van der Waals surface area contributed by atoms with Crippen LogP contribution in [0.1, 0.15) is 28.8 Å². The number of rotatable bonds is 1. The number of carbonyl (C=O) groups excluding carboxylic acids is 1. The molecular weight excluding hydrogens is 304 g/mol. The first-order valence-corrected chi connectivity index (χ1v) is 7.61. The zero-order valence-electron chi connectivity index (χ0n) is 14.4. The van der Waals surface area contributed by atoms with Gasteiger partial charge in [0.1, 0.15) is 18.1 Å². The largest absolute Gasteiger partial charge is 0.508 e. The second kappa shape index (κ2) is 10.2. The van der Waals surface area contributed by atoms with E-state index in [-0.39, 0.29) is 17.5 Å². The van der Waals surface area contributed by atoms with Crippen LogP contribution < -0.4 is 4.74 Å². The van der Waals surface area contributed by atoms with Gasteiger partial charge in [-0.25, -0.2) is 0 Å². The molecule has 4 nitrogen and oxygen atoms in total. The number of ether oxygens (including phenoxy) is 2. The van der Waals surface area contributed by atoms with Gasteiger partial charge in [-0.2, -0.15) is 0 Å². The molecule has 0 saturated heterocycles. The Labute approximate surface area is 143 Å². The summed E-state index contributed by atoms with van der Waals surface area (Å²) in [6.07, 6.45) is 1.75. The first-order valence-electron chi connectivity index (χ1n) is 7.61. The molecule has 1 atom stereocenters. The third kappa shape index (κ3) is 5.25. The summed E-state index contributed by atoms with van der Waals surface area (Å²) in [5, 5.41) is 9.26. The van der Waals surface area contributed by atoms with Crippen molar-refractivity contribution >= 4 is 5.78 Å². The summed E-state index contributed by atoms with van der Waals surface area (Å²) < 4.78 is 9.86. The van der Waals surface area contributed by atoms with E-state index in [1.165, 1.54) is 0 Å². The molecule has 0 bridgehead atoms. The molecule has 0 aliphatic carbocycles. The van der Waals surface area contributed by atoms with Crippen LogP contribution in [0, 0.1) is 0 Å². The summed E-state index contributed by atoms with van der Waals surface area (Å²) in [6.45, 7) is 5.60. The minimum absolute atomic E-state index is 0.0718. The molecule has 2 aromatic rings. The van der Waals surface area contributed by atoms with E-state index < -0.39 is 0 Å². The third-order valence-electron chi connectivity index (χ3n) is 3.17. The van der Waals surface area contributed by atoms with Crippen LogP contribution in [0.25, 0.3) is 0 Å². The Morgan fingerprint density at radius 1 is 1.17 bits per heavy atom. The summed E-state index contributed by atoms with van der Waals surface area (Å²) in [4.78, 5) is 12.4. The fourth-order valence-electron chi connectivity index (χ4n) is 2.19. The van der Waals surface area contributed by atoms with Crippen molar-refractivity contribution in [2.45, 2.75) is 12.8 Å². The van der Waals surface area contributed by atoms with Crippen molar-refractivity contribution in [3.8, 4) is 11.5 Å². The lowest BCUT2D eigenvalue weighted by molar-refractivity contribution is 0.0896. The molecule has 0 radical (unpaired) electrons. The summed E-state index contributed by atoms with van der Waals surface area (Å²) in [5.74, 6) is 0.629. The van der Waals surface area contributed by atoms with E-state index in [0.29, 0.717) is 17.9 Å². The molecule has 24 heavy (non-hydrogen) atoms. The molecular formula is C20H24O4. The van der Waals surface area contributed by atoms with Crippen molar-refractivity contribution in [3.63, 3.8) is 0 Å².